The van der Waals surface area contributed by atoms with E-state index in [1.165, 1.54) is 0 Å². The fraction of sp³-hybridized carbons (Fsp3) is 0.765. The summed E-state index contributed by atoms with van der Waals surface area (Å²) in [5.74, 6) is 12.6. The molecule has 124 valence electrons. The van der Waals surface area contributed by atoms with Gasteiger partial charge in [0.25, 0.3) is 0 Å². The van der Waals surface area contributed by atoms with Crippen LogP contribution in [0.4, 0.5) is 0 Å². The molecular weight excluding hydrogens is 288 g/mol. The lowest BCUT2D eigenvalue weighted by Crippen LogP contribution is -2.27. The van der Waals surface area contributed by atoms with Crippen molar-refractivity contribution in [3.8, 4) is 23.7 Å². The summed E-state index contributed by atoms with van der Waals surface area (Å²) in [6, 6.07) is 0. The van der Waals surface area contributed by atoms with E-state index in [0.717, 1.165) is 38.5 Å². The molecule has 0 N–H and O–H groups in total. The first kappa shape index (κ1) is 20.7. The van der Waals surface area contributed by atoms with Crippen LogP contribution in [0.1, 0.15) is 65.2 Å². The van der Waals surface area contributed by atoms with Gasteiger partial charge in [0.1, 0.15) is 0 Å². The van der Waals surface area contributed by atoms with Crippen molar-refractivity contribution >= 4 is 0 Å². The quantitative estimate of drug-likeness (QED) is 0.161. The van der Waals surface area contributed by atoms with Crippen molar-refractivity contribution in [2.24, 2.45) is 15.6 Å². The van der Waals surface area contributed by atoms with E-state index < -0.39 is 5.41 Å². The van der Waals surface area contributed by atoms with Crippen LogP contribution < -0.4 is 0 Å². The zero-order valence-corrected chi connectivity index (χ0v) is 14.3. The lowest BCUT2D eigenvalue weighted by atomic mass is 9.81. The van der Waals surface area contributed by atoms with Crippen LogP contribution in [0.15, 0.2) is 10.2 Å². The summed E-state index contributed by atoms with van der Waals surface area (Å²) in [6.45, 7) is 4.74. The summed E-state index contributed by atoms with van der Waals surface area (Å²) in [4.78, 5) is 5.68. The molecule has 0 saturated carbocycles. The Bertz CT molecular complexity index is 483. The summed E-state index contributed by atoms with van der Waals surface area (Å²) >= 11 is 0. The Labute approximate surface area is 139 Å². The van der Waals surface area contributed by atoms with Gasteiger partial charge in [-0.2, -0.15) is 0 Å². The molecule has 0 heterocycles. The fourth-order valence-corrected chi connectivity index (χ4v) is 1.91. The lowest BCUT2D eigenvalue weighted by molar-refractivity contribution is 0.327. The maximum atomic E-state index is 8.62. The van der Waals surface area contributed by atoms with Crippen molar-refractivity contribution in [2.75, 3.05) is 13.1 Å². The third kappa shape index (κ3) is 11.0. The molecule has 6 nitrogen and oxygen atoms in total. The smallest absolute Gasteiger partial charge is 0.0334 e. The molecule has 0 bridgehead atoms. The van der Waals surface area contributed by atoms with Gasteiger partial charge >= 0.3 is 0 Å². The fourth-order valence-electron chi connectivity index (χ4n) is 1.91. The molecule has 0 aromatic heterocycles. The van der Waals surface area contributed by atoms with Gasteiger partial charge in [-0.15, -0.1) is 23.7 Å². The number of hydrogen-bond acceptors (Lipinski definition) is 2. The topological polar surface area (TPSA) is 97.5 Å². The number of hydrogen-bond donors (Lipinski definition) is 0. The molecule has 0 aliphatic rings. The van der Waals surface area contributed by atoms with Crippen molar-refractivity contribution < 1.29 is 0 Å². The van der Waals surface area contributed by atoms with Crippen molar-refractivity contribution in [3.63, 3.8) is 0 Å². The van der Waals surface area contributed by atoms with E-state index in [1.807, 2.05) is 0 Å². The molecule has 0 fully saturated rings. The highest BCUT2D eigenvalue weighted by atomic mass is 15.2. The third-order valence-corrected chi connectivity index (χ3v) is 3.43. The van der Waals surface area contributed by atoms with Gasteiger partial charge in [-0.05, 0) is 23.9 Å². The highest BCUT2D eigenvalue weighted by Crippen LogP contribution is 2.27. The van der Waals surface area contributed by atoms with Crippen LogP contribution in [0, 0.1) is 29.1 Å². The van der Waals surface area contributed by atoms with Crippen molar-refractivity contribution in [2.45, 2.75) is 65.2 Å². The molecule has 0 aliphatic carbocycles. The van der Waals surface area contributed by atoms with Gasteiger partial charge in [0.05, 0.1) is 0 Å². The van der Waals surface area contributed by atoms with Crippen LogP contribution in [0.3, 0.4) is 0 Å². The standard InChI is InChI=1S/C17H26N6/c1-3-5-7-9-11-13-17(15-20-22-18,16-21-23-19)14-12-10-8-6-4-2/h3-8,13-16H2,1-2H3. The van der Waals surface area contributed by atoms with Gasteiger partial charge < -0.3 is 0 Å². The van der Waals surface area contributed by atoms with Crippen molar-refractivity contribution in [1.82, 2.24) is 0 Å². The van der Waals surface area contributed by atoms with E-state index in [-0.39, 0.29) is 13.1 Å². The molecule has 0 rings (SSSR count). The van der Waals surface area contributed by atoms with Gasteiger partial charge in [-0.25, -0.2) is 0 Å². The van der Waals surface area contributed by atoms with Gasteiger partial charge in [-0.1, -0.05) is 36.9 Å². The molecule has 0 unspecified atom stereocenters. The average Bonchev–Trinajstić information content (AvgIpc) is 2.57. The molecule has 0 aromatic carbocycles. The first-order chi connectivity index (χ1) is 11.2. The van der Waals surface area contributed by atoms with Gasteiger partial charge in [0.2, 0.25) is 0 Å². The SMILES string of the molecule is CCCCC#CCC(CC#CCCCC)(CN=[N+]=[N-])CN=[N+]=[N-]. The highest BCUT2D eigenvalue weighted by molar-refractivity contribution is 5.10. The molecule has 0 radical (unpaired) electrons. The molecular formula is C17H26N6. The lowest BCUT2D eigenvalue weighted by Gasteiger charge is -2.26. The van der Waals surface area contributed by atoms with Gasteiger partial charge in [0, 0.05) is 54.0 Å². The molecule has 0 spiro atoms. The molecule has 23 heavy (non-hydrogen) atoms. The Morgan fingerprint density at radius 2 is 1.22 bits per heavy atom. The second-order valence-corrected chi connectivity index (χ2v) is 5.55. The minimum Gasteiger partial charge on any atom is -0.103 e. The maximum Gasteiger partial charge on any atom is 0.0334 e. The van der Waals surface area contributed by atoms with Crippen LogP contribution in [0.25, 0.3) is 20.9 Å². The molecule has 0 amide bonds. The minimum absolute atomic E-state index is 0.243. The largest absolute Gasteiger partial charge is 0.103 e. The summed E-state index contributed by atoms with van der Waals surface area (Å²) in [5, 5.41) is 7.38. The monoisotopic (exact) mass is 314 g/mol. The Morgan fingerprint density at radius 1 is 0.783 bits per heavy atom. The second-order valence-electron chi connectivity index (χ2n) is 5.55. The minimum atomic E-state index is -0.489. The Balaban J connectivity index is 5.03. The predicted molar refractivity (Wildman–Crippen MR) is 94.3 cm³/mol. The van der Waals surface area contributed by atoms with E-state index in [4.69, 9.17) is 11.1 Å². The first-order valence-corrected chi connectivity index (χ1v) is 8.18. The Kier molecular flexibility index (Phi) is 13.2. The molecule has 6 heteroatoms. The van der Waals surface area contributed by atoms with E-state index >= 15 is 0 Å². The predicted octanol–water partition coefficient (Wildman–Crippen LogP) is 5.76. The van der Waals surface area contributed by atoms with Gasteiger partial charge in [-0.3, -0.25) is 0 Å². The number of nitrogens with zero attached hydrogens (tertiary/aromatic N) is 6. The molecule has 0 aromatic rings. The van der Waals surface area contributed by atoms with E-state index in [9.17, 15) is 0 Å². The van der Waals surface area contributed by atoms with Crippen LogP contribution in [0.2, 0.25) is 0 Å². The van der Waals surface area contributed by atoms with Crippen LogP contribution >= 0.6 is 0 Å². The Morgan fingerprint density at radius 3 is 1.57 bits per heavy atom. The molecule has 0 atom stereocenters. The first-order valence-electron chi connectivity index (χ1n) is 8.18. The molecule has 0 aliphatic heterocycles. The summed E-state index contributed by atoms with van der Waals surface area (Å²) in [5.41, 5.74) is 16.8. The maximum absolute atomic E-state index is 8.62. The van der Waals surface area contributed by atoms with Gasteiger partial charge in [0.15, 0.2) is 0 Å². The van der Waals surface area contributed by atoms with Crippen LogP contribution in [-0.4, -0.2) is 13.1 Å². The highest BCUT2D eigenvalue weighted by Gasteiger charge is 2.27. The summed E-state index contributed by atoms with van der Waals surface area (Å²) in [6.07, 6.45) is 7.14. The van der Waals surface area contributed by atoms with E-state index in [2.05, 4.69) is 57.6 Å². The van der Waals surface area contributed by atoms with Crippen molar-refractivity contribution in [1.29, 1.82) is 0 Å². The average molecular weight is 314 g/mol. The van der Waals surface area contributed by atoms with E-state index in [1.54, 1.807) is 0 Å². The number of unbranched alkanes of at least 4 members (excludes halogenated alkanes) is 4. The zero-order chi connectivity index (χ0) is 17.2. The Hall–Kier alpha value is -2.26. The second kappa shape index (κ2) is 14.7. The number of rotatable bonds is 10. The molecule has 0 saturated heterocycles. The summed E-state index contributed by atoms with van der Waals surface area (Å²) in [7, 11) is 0. The van der Waals surface area contributed by atoms with Crippen LogP contribution in [-0.2, 0) is 0 Å². The van der Waals surface area contributed by atoms with Crippen LogP contribution in [0.5, 0.6) is 0 Å². The van der Waals surface area contributed by atoms with E-state index in [0.29, 0.717) is 12.8 Å². The zero-order valence-electron chi connectivity index (χ0n) is 14.3. The third-order valence-electron chi connectivity index (χ3n) is 3.43. The normalized spacial score (nSPS) is 9.48. The summed E-state index contributed by atoms with van der Waals surface area (Å²) < 4.78 is 0. The van der Waals surface area contributed by atoms with Crippen molar-refractivity contribution in [3.05, 3.63) is 20.9 Å². The number of azide groups is 2.